The van der Waals surface area contributed by atoms with Crippen LogP contribution in [0.3, 0.4) is 0 Å². The lowest BCUT2D eigenvalue weighted by molar-refractivity contribution is -0.130. The van der Waals surface area contributed by atoms with Crippen LogP contribution in [-0.4, -0.2) is 38.3 Å². The molecule has 1 saturated heterocycles. The molecule has 0 amide bonds. The minimum atomic E-state index is -0.401. The van der Waals surface area contributed by atoms with Crippen molar-refractivity contribution in [2.75, 3.05) is 26.4 Å². The summed E-state index contributed by atoms with van der Waals surface area (Å²) in [5.74, 6) is 1.69. The number of cyclic esters (lactones) is 1. The van der Waals surface area contributed by atoms with Crippen LogP contribution in [0.5, 0.6) is 11.5 Å². The van der Waals surface area contributed by atoms with Crippen molar-refractivity contribution in [2.24, 2.45) is 10.9 Å². The third-order valence-corrected chi connectivity index (χ3v) is 4.08. The molecule has 23 heavy (non-hydrogen) atoms. The maximum atomic E-state index is 12.0. The molecule has 0 radical (unpaired) electrons. The molecule has 0 unspecified atom stereocenters. The van der Waals surface area contributed by atoms with Crippen molar-refractivity contribution >= 4 is 17.9 Å². The third-order valence-electron chi connectivity index (χ3n) is 4.08. The molecule has 3 aliphatic rings. The van der Waals surface area contributed by atoms with Crippen LogP contribution in [0.15, 0.2) is 28.9 Å². The van der Waals surface area contributed by atoms with Crippen LogP contribution < -0.4 is 9.47 Å². The van der Waals surface area contributed by atoms with Gasteiger partial charge in [-0.2, -0.15) is 0 Å². The molecule has 6 nitrogen and oxygen atoms in total. The van der Waals surface area contributed by atoms with Gasteiger partial charge in [0, 0.05) is 19.1 Å². The Hall–Kier alpha value is -2.34. The summed E-state index contributed by atoms with van der Waals surface area (Å²) >= 11 is 0. The summed E-state index contributed by atoms with van der Waals surface area (Å²) in [6, 6.07) is 5.55. The average Bonchev–Trinajstić information content (AvgIpc) is 2.96. The molecule has 0 saturated carbocycles. The predicted octanol–water partition coefficient (Wildman–Crippen LogP) is 2.18. The normalized spacial score (nSPS) is 22.9. The van der Waals surface area contributed by atoms with Crippen LogP contribution in [0, 0.1) is 5.92 Å². The molecule has 0 aromatic heterocycles. The molecule has 0 aliphatic carbocycles. The van der Waals surface area contributed by atoms with Gasteiger partial charge >= 0.3 is 5.97 Å². The number of carbonyl (C=O) groups is 1. The van der Waals surface area contributed by atoms with Crippen molar-refractivity contribution in [3.63, 3.8) is 0 Å². The molecule has 6 heteroatoms. The maximum Gasteiger partial charge on any atom is 0.363 e. The molecule has 120 valence electrons. The molecule has 1 aromatic rings. The van der Waals surface area contributed by atoms with Gasteiger partial charge in [-0.1, -0.05) is 6.07 Å². The number of hydrogen-bond donors (Lipinski definition) is 0. The summed E-state index contributed by atoms with van der Waals surface area (Å²) in [6.07, 6.45) is 3.39. The predicted molar refractivity (Wildman–Crippen MR) is 82.5 cm³/mol. The van der Waals surface area contributed by atoms with E-state index in [0.717, 1.165) is 24.2 Å². The fourth-order valence-electron chi connectivity index (χ4n) is 2.85. The van der Waals surface area contributed by atoms with Gasteiger partial charge in [-0.25, -0.2) is 9.79 Å². The first kappa shape index (κ1) is 14.3. The molecule has 4 rings (SSSR count). The van der Waals surface area contributed by atoms with E-state index in [9.17, 15) is 4.79 Å². The highest BCUT2D eigenvalue weighted by Gasteiger charge is 2.30. The van der Waals surface area contributed by atoms with Gasteiger partial charge in [-0.05, 0) is 36.6 Å². The number of esters is 1. The highest BCUT2D eigenvalue weighted by Crippen LogP contribution is 2.32. The first-order chi connectivity index (χ1) is 11.3. The van der Waals surface area contributed by atoms with Crippen molar-refractivity contribution in [1.29, 1.82) is 0 Å². The van der Waals surface area contributed by atoms with E-state index in [0.29, 0.717) is 43.8 Å². The molecular formula is C17H17NO5. The number of fused-ring (bicyclic) bond motifs is 1. The molecule has 0 spiro atoms. The van der Waals surface area contributed by atoms with Crippen molar-refractivity contribution in [3.05, 3.63) is 29.5 Å². The highest BCUT2D eigenvalue weighted by molar-refractivity contribution is 6.07. The smallest absolute Gasteiger partial charge is 0.363 e. The Morgan fingerprint density at radius 1 is 1.04 bits per heavy atom. The summed E-state index contributed by atoms with van der Waals surface area (Å²) in [5.41, 5.74) is 1.15. The van der Waals surface area contributed by atoms with E-state index in [2.05, 4.69) is 4.99 Å². The van der Waals surface area contributed by atoms with Crippen molar-refractivity contribution in [3.8, 4) is 11.5 Å². The first-order valence-electron chi connectivity index (χ1n) is 7.79. The number of hydrogen-bond acceptors (Lipinski definition) is 6. The van der Waals surface area contributed by atoms with Gasteiger partial charge in [0.15, 0.2) is 17.2 Å². The monoisotopic (exact) mass is 315 g/mol. The van der Waals surface area contributed by atoms with Crippen molar-refractivity contribution in [1.82, 2.24) is 0 Å². The van der Waals surface area contributed by atoms with E-state index in [1.807, 2.05) is 18.2 Å². The maximum absolute atomic E-state index is 12.0. The molecule has 1 fully saturated rings. The van der Waals surface area contributed by atoms with Crippen LogP contribution in [0.1, 0.15) is 18.4 Å². The summed E-state index contributed by atoms with van der Waals surface area (Å²) in [6.45, 7) is 2.45. The fourth-order valence-corrected chi connectivity index (χ4v) is 2.85. The summed E-state index contributed by atoms with van der Waals surface area (Å²) in [5, 5.41) is 0. The molecule has 1 aromatic carbocycles. The van der Waals surface area contributed by atoms with E-state index in [1.165, 1.54) is 0 Å². The number of benzene rings is 1. The number of aliphatic imine (C=N–C) groups is 1. The Morgan fingerprint density at radius 2 is 1.83 bits per heavy atom. The second-order valence-corrected chi connectivity index (χ2v) is 5.66. The van der Waals surface area contributed by atoms with Crippen LogP contribution in [0.25, 0.3) is 6.08 Å². The minimum absolute atomic E-state index is 0.166. The van der Waals surface area contributed by atoms with Gasteiger partial charge in [0.2, 0.25) is 5.90 Å². The molecule has 0 N–H and O–H groups in total. The summed E-state index contributed by atoms with van der Waals surface area (Å²) < 4.78 is 21.7. The van der Waals surface area contributed by atoms with E-state index in [4.69, 9.17) is 18.9 Å². The van der Waals surface area contributed by atoms with E-state index >= 15 is 0 Å². The van der Waals surface area contributed by atoms with Gasteiger partial charge in [0.25, 0.3) is 0 Å². The highest BCUT2D eigenvalue weighted by atomic mass is 16.6. The number of ether oxygens (including phenoxy) is 4. The Kier molecular flexibility index (Phi) is 3.75. The molecule has 3 aliphatic heterocycles. The summed E-state index contributed by atoms with van der Waals surface area (Å²) in [7, 11) is 0. The topological polar surface area (TPSA) is 66.4 Å². The fraction of sp³-hybridized carbons (Fsp3) is 0.412. The van der Waals surface area contributed by atoms with E-state index < -0.39 is 5.97 Å². The van der Waals surface area contributed by atoms with Gasteiger partial charge in [0.05, 0.1) is 0 Å². The number of rotatable bonds is 2. The van der Waals surface area contributed by atoms with Crippen molar-refractivity contribution in [2.45, 2.75) is 12.8 Å². The van der Waals surface area contributed by atoms with E-state index in [-0.39, 0.29) is 5.92 Å². The Bertz CT molecular complexity index is 688. The quantitative estimate of drug-likeness (QED) is 0.618. The van der Waals surface area contributed by atoms with Crippen LogP contribution in [-0.2, 0) is 14.3 Å². The Morgan fingerprint density at radius 3 is 2.65 bits per heavy atom. The number of nitrogens with zero attached hydrogens (tertiary/aromatic N) is 1. The van der Waals surface area contributed by atoms with Gasteiger partial charge in [-0.3, -0.25) is 0 Å². The lowest BCUT2D eigenvalue weighted by atomic mass is 10.0. The Labute approximate surface area is 133 Å². The van der Waals surface area contributed by atoms with Gasteiger partial charge in [-0.15, -0.1) is 0 Å². The van der Waals surface area contributed by atoms with Crippen molar-refractivity contribution < 1.29 is 23.7 Å². The Balaban J connectivity index is 1.57. The van der Waals surface area contributed by atoms with Gasteiger partial charge < -0.3 is 18.9 Å². The standard InChI is InChI=1S/C17H17NO5/c19-17-13(18-16(23-17)12-3-5-20-6-4-12)9-11-1-2-14-15(10-11)22-8-7-21-14/h1-2,9-10,12H,3-8H2/b13-9+. The number of carbonyl (C=O) groups excluding carboxylic acids is 1. The molecule has 0 bridgehead atoms. The molecule has 0 atom stereocenters. The second kappa shape index (κ2) is 6.04. The third kappa shape index (κ3) is 2.94. The first-order valence-corrected chi connectivity index (χ1v) is 7.79. The van der Waals surface area contributed by atoms with Gasteiger partial charge in [0.1, 0.15) is 13.2 Å². The minimum Gasteiger partial charge on any atom is -0.486 e. The zero-order valence-electron chi connectivity index (χ0n) is 12.6. The zero-order chi connectivity index (χ0) is 15.6. The second-order valence-electron chi connectivity index (χ2n) is 5.66. The molecular weight excluding hydrogens is 298 g/mol. The lowest BCUT2D eigenvalue weighted by Crippen LogP contribution is -2.24. The zero-order valence-corrected chi connectivity index (χ0v) is 12.6. The SMILES string of the molecule is O=C1OC(C2CCOCC2)=N/C1=C/c1ccc2c(c1)OCCO2. The van der Waals surface area contributed by atoms with Crippen LogP contribution in [0.4, 0.5) is 0 Å². The van der Waals surface area contributed by atoms with E-state index in [1.54, 1.807) is 6.08 Å². The largest absolute Gasteiger partial charge is 0.486 e. The van der Waals surface area contributed by atoms with Crippen LogP contribution in [0.2, 0.25) is 0 Å². The lowest BCUT2D eigenvalue weighted by Gasteiger charge is -2.20. The average molecular weight is 315 g/mol. The summed E-state index contributed by atoms with van der Waals surface area (Å²) in [4.78, 5) is 16.4. The van der Waals surface area contributed by atoms with Crippen LogP contribution >= 0.6 is 0 Å². The molecule has 3 heterocycles.